The molecule has 0 heterocycles. The smallest absolute Gasteiger partial charge is 0.400 e. The van der Waals surface area contributed by atoms with Gasteiger partial charge < -0.3 is 9.47 Å². The number of rotatable bonds is 3. The van der Waals surface area contributed by atoms with E-state index >= 15 is 0 Å². The van der Waals surface area contributed by atoms with Gasteiger partial charge in [-0.3, -0.25) is 5.41 Å². The van der Waals surface area contributed by atoms with Gasteiger partial charge in [-0.15, -0.1) is 0 Å². The molecule has 2 aromatic carbocycles. The van der Waals surface area contributed by atoms with Gasteiger partial charge in [0.15, 0.2) is 0 Å². The lowest BCUT2D eigenvalue weighted by molar-refractivity contribution is 0.387. The van der Waals surface area contributed by atoms with Gasteiger partial charge >= 0.3 is 6.08 Å². The quantitative estimate of drug-likeness (QED) is 0.662. The van der Waals surface area contributed by atoms with Crippen molar-refractivity contribution < 1.29 is 9.47 Å². The van der Waals surface area contributed by atoms with Crippen LogP contribution in [0.15, 0.2) is 65.7 Å². The van der Waals surface area contributed by atoms with Crippen molar-refractivity contribution in [2.45, 2.75) is 0 Å². The van der Waals surface area contributed by atoms with Gasteiger partial charge in [-0.1, -0.05) is 36.4 Å². The first kappa shape index (κ1) is 11.9. The highest BCUT2D eigenvalue weighted by Crippen LogP contribution is 2.13. The first-order valence-corrected chi connectivity index (χ1v) is 5.41. The Morgan fingerprint density at radius 2 is 1.28 bits per heavy atom. The molecule has 0 aliphatic heterocycles. The number of nitrogens with zero attached hydrogens (tertiary/aromatic N) is 1. The average Bonchev–Trinajstić information content (AvgIpc) is 2.41. The summed E-state index contributed by atoms with van der Waals surface area (Å²) in [5, 5.41) is 6.99. The number of hydrogen-bond donors (Lipinski definition) is 1. The van der Waals surface area contributed by atoms with Crippen molar-refractivity contribution in [1.82, 2.24) is 0 Å². The summed E-state index contributed by atoms with van der Waals surface area (Å²) in [6.45, 7) is 0. The standard InChI is InChI=1S/C14H12N2O2/c15-11-16-14(17-12-7-3-1-4-8-12)18-13-9-5-2-6-10-13/h1-11,15H. The van der Waals surface area contributed by atoms with E-state index in [4.69, 9.17) is 14.9 Å². The molecule has 0 aliphatic carbocycles. The average molecular weight is 240 g/mol. The number of aliphatic imine (C=N–C) groups is 1. The lowest BCUT2D eigenvalue weighted by atomic mass is 10.3. The van der Waals surface area contributed by atoms with Crippen molar-refractivity contribution in [1.29, 1.82) is 5.41 Å². The van der Waals surface area contributed by atoms with E-state index < -0.39 is 0 Å². The third-order valence-corrected chi connectivity index (χ3v) is 2.07. The molecule has 1 N–H and O–H groups in total. The molecule has 0 unspecified atom stereocenters. The zero-order chi connectivity index (χ0) is 12.6. The van der Waals surface area contributed by atoms with Crippen LogP contribution in [0.5, 0.6) is 11.5 Å². The Bertz CT molecular complexity index is 481. The van der Waals surface area contributed by atoms with Crippen LogP contribution in [0.25, 0.3) is 0 Å². The Hall–Kier alpha value is -2.62. The Morgan fingerprint density at radius 1 is 0.833 bits per heavy atom. The molecule has 2 rings (SSSR count). The van der Waals surface area contributed by atoms with Crippen LogP contribution in [-0.2, 0) is 0 Å². The van der Waals surface area contributed by atoms with Crippen molar-refractivity contribution >= 4 is 12.4 Å². The lowest BCUT2D eigenvalue weighted by Gasteiger charge is -2.08. The molecule has 0 saturated carbocycles. The van der Waals surface area contributed by atoms with E-state index in [1.165, 1.54) is 0 Å². The van der Waals surface area contributed by atoms with Gasteiger partial charge in [0.2, 0.25) is 0 Å². The summed E-state index contributed by atoms with van der Waals surface area (Å²) < 4.78 is 10.9. The zero-order valence-electron chi connectivity index (χ0n) is 9.61. The van der Waals surface area contributed by atoms with Crippen LogP contribution in [0.2, 0.25) is 0 Å². The van der Waals surface area contributed by atoms with Crippen LogP contribution in [0, 0.1) is 5.41 Å². The fraction of sp³-hybridized carbons (Fsp3) is 0. The van der Waals surface area contributed by atoms with Crippen molar-refractivity contribution in [2.75, 3.05) is 0 Å². The second-order valence-electron chi connectivity index (χ2n) is 3.35. The van der Waals surface area contributed by atoms with Crippen LogP contribution in [-0.4, -0.2) is 12.4 Å². The van der Waals surface area contributed by atoms with Gasteiger partial charge in [-0.2, -0.15) is 4.99 Å². The minimum atomic E-state index is 0.0161. The molecule has 0 saturated heterocycles. The van der Waals surface area contributed by atoms with E-state index in [-0.39, 0.29) is 6.08 Å². The molecule has 4 heteroatoms. The van der Waals surface area contributed by atoms with E-state index in [9.17, 15) is 0 Å². The van der Waals surface area contributed by atoms with Gasteiger partial charge in [-0.25, -0.2) is 0 Å². The SMILES string of the molecule is N=CN=C(Oc1ccccc1)Oc1ccccc1. The third-order valence-electron chi connectivity index (χ3n) is 2.07. The van der Waals surface area contributed by atoms with E-state index in [1.54, 1.807) is 24.3 Å². The first-order valence-electron chi connectivity index (χ1n) is 5.41. The molecule has 0 aromatic heterocycles. The van der Waals surface area contributed by atoms with Crippen LogP contribution in [0.3, 0.4) is 0 Å². The highest BCUT2D eigenvalue weighted by molar-refractivity contribution is 5.80. The predicted octanol–water partition coefficient (Wildman–Crippen LogP) is 3.11. The van der Waals surface area contributed by atoms with E-state index in [2.05, 4.69) is 4.99 Å². The minimum Gasteiger partial charge on any atom is -0.411 e. The molecule has 0 bridgehead atoms. The monoisotopic (exact) mass is 240 g/mol. The Balaban J connectivity index is 2.10. The molecule has 0 fully saturated rings. The summed E-state index contributed by atoms with van der Waals surface area (Å²) in [4.78, 5) is 3.73. The maximum absolute atomic E-state index is 6.99. The summed E-state index contributed by atoms with van der Waals surface area (Å²) in [6, 6.07) is 18.3. The normalized spacial score (nSPS) is 9.33. The summed E-state index contributed by atoms with van der Waals surface area (Å²) in [7, 11) is 0. The topological polar surface area (TPSA) is 54.7 Å². The van der Waals surface area contributed by atoms with Crippen LogP contribution in [0.1, 0.15) is 0 Å². The maximum atomic E-state index is 6.99. The number of ether oxygens (including phenoxy) is 2. The molecular formula is C14H12N2O2. The lowest BCUT2D eigenvalue weighted by Crippen LogP contribution is -2.16. The van der Waals surface area contributed by atoms with Gasteiger partial charge in [0, 0.05) is 0 Å². The molecule has 0 aliphatic rings. The second-order valence-corrected chi connectivity index (χ2v) is 3.35. The molecule has 0 atom stereocenters. The van der Waals surface area contributed by atoms with Crippen LogP contribution in [0.4, 0.5) is 0 Å². The van der Waals surface area contributed by atoms with Gasteiger partial charge in [-0.05, 0) is 24.3 Å². The minimum absolute atomic E-state index is 0.0161. The van der Waals surface area contributed by atoms with Crippen molar-refractivity contribution in [3.8, 4) is 11.5 Å². The Kier molecular flexibility index (Phi) is 4.08. The summed E-state index contributed by atoms with van der Waals surface area (Å²) in [5.74, 6) is 1.21. The summed E-state index contributed by atoms with van der Waals surface area (Å²) in [5.41, 5.74) is 0. The van der Waals surface area contributed by atoms with Crippen LogP contribution < -0.4 is 9.47 Å². The van der Waals surface area contributed by atoms with Crippen LogP contribution >= 0.6 is 0 Å². The number of benzene rings is 2. The molecule has 18 heavy (non-hydrogen) atoms. The number of para-hydroxylation sites is 2. The number of nitrogens with one attached hydrogen (secondary N) is 1. The van der Waals surface area contributed by atoms with Crippen molar-refractivity contribution in [3.05, 3.63) is 60.7 Å². The summed E-state index contributed by atoms with van der Waals surface area (Å²) >= 11 is 0. The summed E-state index contributed by atoms with van der Waals surface area (Å²) in [6.07, 6.45) is 0.892. The van der Waals surface area contributed by atoms with Gasteiger partial charge in [0.1, 0.15) is 17.8 Å². The van der Waals surface area contributed by atoms with Crippen molar-refractivity contribution in [2.24, 2.45) is 4.99 Å². The molecule has 90 valence electrons. The Morgan fingerprint density at radius 3 is 1.67 bits per heavy atom. The van der Waals surface area contributed by atoms with E-state index in [1.807, 2.05) is 36.4 Å². The van der Waals surface area contributed by atoms with E-state index in [0.717, 1.165) is 6.34 Å². The zero-order valence-corrected chi connectivity index (χ0v) is 9.61. The van der Waals surface area contributed by atoms with E-state index in [0.29, 0.717) is 11.5 Å². The largest absolute Gasteiger partial charge is 0.411 e. The number of hydrogen-bond acceptors (Lipinski definition) is 3. The third kappa shape index (κ3) is 3.45. The first-order chi connectivity index (χ1) is 8.88. The fourth-order valence-corrected chi connectivity index (χ4v) is 1.30. The highest BCUT2D eigenvalue weighted by atomic mass is 16.7. The van der Waals surface area contributed by atoms with Gasteiger partial charge in [0.05, 0.1) is 0 Å². The molecule has 0 radical (unpaired) electrons. The fourth-order valence-electron chi connectivity index (χ4n) is 1.30. The second kappa shape index (κ2) is 6.20. The van der Waals surface area contributed by atoms with Crippen molar-refractivity contribution in [3.63, 3.8) is 0 Å². The molecule has 2 aromatic rings. The van der Waals surface area contributed by atoms with Gasteiger partial charge in [0.25, 0.3) is 0 Å². The molecule has 0 spiro atoms. The Labute approximate surface area is 105 Å². The molecule has 4 nitrogen and oxygen atoms in total. The molecule has 0 amide bonds. The maximum Gasteiger partial charge on any atom is 0.400 e. The molecular weight excluding hydrogens is 228 g/mol. The highest BCUT2D eigenvalue weighted by Gasteiger charge is 2.04. The predicted molar refractivity (Wildman–Crippen MR) is 70.4 cm³/mol.